The molecule has 0 spiro atoms. The van der Waals surface area contributed by atoms with Crippen LogP contribution >= 0.6 is 11.6 Å². The highest BCUT2D eigenvalue weighted by molar-refractivity contribution is 6.30. The molecule has 0 bridgehead atoms. The van der Waals surface area contributed by atoms with E-state index in [1.807, 2.05) is 24.3 Å². The Hall–Kier alpha value is -1.06. The molecular formula is C11H14ClN3. The number of halogens is 1. The smallest absolute Gasteiger partial charge is 0.121 e. The lowest BCUT2D eigenvalue weighted by Crippen LogP contribution is -2.39. The minimum atomic E-state index is 0.00802. The summed E-state index contributed by atoms with van der Waals surface area (Å²) in [6.45, 7) is 0. The number of aliphatic imine (C=N–C) groups is 1. The second-order valence-corrected chi connectivity index (χ2v) is 4.24. The third-order valence-corrected chi connectivity index (χ3v) is 3.21. The van der Waals surface area contributed by atoms with Crippen LogP contribution in [0.15, 0.2) is 29.3 Å². The van der Waals surface area contributed by atoms with E-state index in [2.05, 4.69) is 10.4 Å². The molecule has 2 rings (SSSR count). The van der Waals surface area contributed by atoms with E-state index in [4.69, 9.17) is 17.4 Å². The second-order valence-electron chi connectivity index (χ2n) is 3.81. The van der Waals surface area contributed by atoms with Gasteiger partial charge in [-0.1, -0.05) is 23.7 Å². The van der Waals surface area contributed by atoms with Crippen LogP contribution in [0.5, 0.6) is 0 Å². The van der Waals surface area contributed by atoms with Gasteiger partial charge in [0.2, 0.25) is 0 Å². The Morgan fingerprint density at radius 2 is 2.00 bits per heavy atom. The van der Waals surface area contributed by atoms with Crippen molar-refractivity contribution in [3.8, 4) is 0 Å². The average Bonchev–Trinajstić information content (AvgIpc) is 3.02. The van der Waals surface area contributed by atoms with Crippen LogP contribution in [-0.4, -0.2) is 12.9 Å². The van der Waals surface area contributed by atoms with Gasteiger partial charge in [-0.15, -0.1) is 0 Å². The van der Waals surface area contributed by atoms with Crippen LogP contribution < -0.4 is 11.3 Å². The van der Waals surface area contributed by atoms with Crippen LogP contribution in [0.25, 0.3) is 0 Å². The molecule has 0 radical (unpaired) electrons. The summed E-state index contributed by atoms with van der Waals surface area (Å²) in [5.74, 6) is 6.32. The Bertz CT molecular complexity index is 379. The fraction of sp³-hybridized carbons (Fsp3) is 0.364. The number of rotatable bonds is 2. The molecular weight excluding hydrogens is 210 g/mol. The minimum Gasteiger partial charge on any atom is -0.312 e. The lowest BCUT2D eigenvalue weighted by atomic mass is 9.95. The predicted octanol–water partition coefficient (Wildman–Crippen LogP) is 1.86. The van der Waals surface area contributed by atoms with Crippen LogP contribution in [0.2, 0.25) is 5.02 Å². The van der Waals surface area contributed by atoms with Gasteiger partial charge < -0.3 is 5.43 Å². The maximum absolute atomic E-state index is 5.86. The van der Waals surface area contributed by atoms with Crippen molar-refractivity contribution >= 4 is 17.4 Å². The Morgan fingerprint density at radius 1 is 1.40 bits per heavy atom. The molecule has 0 saturated heterocycles. The highest BCUT2D eigenvalue weighted by Gasteiger charge is 2.48. The quantitative estimate of drug-likeness (QED) is 0.348. The molecule has 0 heterocycles. The third kappa shape index (κ3) is 1.73. The average molecular weight is 224 g/mol. The molecule has 0 amide bonds. The molecule has 0 atom stereocenters. The van der Waals surface area contributed by atoms with E-state index in [0.717, 1.165) is 23.7 Å². The summed E-state index contributed by atoms with van der Waals surface area (Å²) in [5.41, 5.74) is 3.92. The van der Waals surface area contributed by atoms with Crippen molar-refractivity contribution in [3.05, 3.63) is 34.9 Å². The van der Waals surface area contributed by atoms with Gasteiger partial charge in [0, 0.05) is 12.1 Å². The summed E-state index contributed by atoms with van der Waals surface area (Å²) in [5, 5.41) is 0.755. The monoisotopic (exact) mass is 223 g/mol. The van der Waals surface area contributed by atoms with E-state index in [0.29, 0.717) is 0 Å². The third-order valence-electron chi connectivity index (χ3n) is 2.96. The first-order valence-corrected chi connectivity index (χ1v) is 5.30. The van der Waals surface area contributed by atoms with Crippen LogP contribution in [0.1, 0.15) is 18.4 Å². The first-order valence-electron chi connectivity index (χ1n) is 4.93. The summed E-state index contributed by atoms with van der Waals surface area (Å²) >= 11 is 5.86. The summed E-state index contributed by atoms with van der Waals surface area (Å²) < 4.78 is 0. The van der Waals surface area contributed by atoms with Crippen LogP contribution in [0.3, 0.4) is 0 Å². The molecule has 1 aromatic rings. The normalized spacial score (nSPS) is 18.7. The van der Waals surface area contributed by atoms with Gasteiger partial charge in [-0.2, -0.15) is 0 Å². The number of amidine groups is 1. The van der Waals surface area contributed by atoms with Gasteiger partial charge in [-0.3, -0.25) is 4.99 Å². The van der Waals surface area contributed by atoms with E-state index in [1.165, 1.54) is 5.56 Å². The number of hydrazine groups is 1. The van der Waals surface area contributed by atoms with Crippen molar-refractivity contribution in [2.45, 2.75) is 18.3 Å². The van der Waals surface area contributed by atoms with Crippen LogP contribution in [0, 0.1) is 0 Å². The number of benzene rings is 1. The molecule has 1 saturated carbocycles. The highest BCUT2D eigenvalue weighted by Crippen LogP contribution is 2.48. The van der Waals surface area contributed by atoms with Crippen molar-refractivity contribution in [1.29, 1.82) is 0 Å². The summed E-state index contributed by atoms with van der Waals surface area (Å²) in [4.78, 5) is 4.19. The molecule has 1 aliphatic carbocycles. The maximum Gasteiger partial charge on any atom is 0.121 e. The lowest BCUT2D eigenvalue weighted by Gasteiger charge is -2.17. The molecule has 80 valence electrons. The maximum atomic E-state index is 5.86. The highest BCUT2D eigenvalue weighted by atomic mass is 35.5. The zero-order chi connectivity index (χ0) is 10.9. The van der Waals surface area contributed by atoms with Crippen LogP contribution in [-0.2, 0) is 5.41 Å². The predicted molar refractivity (Wildman–Crippen MR) is 63.0 cm³/mol. The Kier molecular flexibility index (Phi) is 2.67. The number of nitrogens with zero attached hydrogens (tertiary/aromatic N) is 1. The Balaban J connectivity index is 2.34. The van der Waals surface area contributed by atoms with Gasteiger partial charge in [0.15, 0.2) is 0 Å². The van der Waals surface area contributed by atoms with Crippen molar-refractivity contribution in [2.75, 3.05) is 7.05 Å². The van der Waals surface area contributed by atoms with Gasteiger partial charge >= 0.3 is 0 Å². The number of hydrogen-bond acceptors (Lipinski definition) is 2. The number of nitrogens with two attached hydrogens (primary N) is 1. The van der Waals surface area contributed by atoms with Gasteiger partial charge in [-0.25, -0.2) is 5.84 Å². The number of nitrogens with one attached hydrogen (secondary N) is 1. The van der Waals surface area contributed by atoms with Crippen molar-refractivity contribution in [2.24, 2.45) is 10.8 Å². The van der Waals surface area contributed by atoms with E-state index in [9.17, 15) is 0 Å². The SMILES string of the molecule is CN=C(NN)C1(c2ccc(Cl)cc2)CC1. The minimum absolute atomic E-state index is 0.00802. The molecule has 0 aromatic heterocycles. The van der Waals surface area contributed by atoms with E-state index >= 15 is 0 Å². The van der Waals surface area contributed by atoms with Crippen molar-refractivity contribution in [1.82, 2.24) is 5.43 Å². The zero-order valence-corrected chi connectivity index (χ0v) is 9.38. The van der Waals surface area contributed by atoms with Crippen LogP contribution in [0.4, 0.5) is 0 Å². The fourth-order valence-electron chi connectivity index (χ4n) is 1.97. The first-order chi connectivity index (χ1) is 7.23. The molecule has 3 nitrogen and oxygen atoms in total. The molecule has 3 N–H and O–H groups in total. The van der Waals surface area contributed by atoms with E-state index in [-0.39, 0.29) is 5.41 Å². The van der Waals surface area contributed by atoms with E-state index < -0.39 is 0 Å². The molecule has 0 unspecified atom stereocenters. The largest absolute Gasteiger partial charge is 0.312 e. The summed E-state index contributed by atoms with van der Waals surface area (Å²) in [6, 6.07) is 7.89. The molecule has 4 heteroatoms. The molecule has 0 aliphatic heterocycles. The topological polar surface area (TPSA) is 50.4 Å². The van der Waals surface area contributed by atoms with E-state index in [1.54, 1.807) is 7.05 Å². The van der Waals surface area contributed by atoms with Crippen molar-refractivity contribution < 1.29 is 0 Å². The summed E-state index contributed by atoms with van der Waals surface area (Å²) in [7, 11) is 1.76. The molecule has 1 fully saturated rings. The van der Waals surface area contributed by atoms with Gasteiger partial charge in [0.25, 0.3) is 0 Å². The second kappa shape index (κ2) is 3.83. The van der Waals surface area contributed by atoms with Gasteiger partial charge in [-0.05, 0) is 30.5 Å². The fourth-order valence-corrected chi connectivity index (χ4v) is 2.10. The number of hydrogen-bond donors (Lipinski definition) is 2. The molecule has 1 aliphatic rings. The van der Waals surface area contributed by atoms with Crippen molar-refractivity contribution in [3.63, 3.8) is 0 Å². The molecule has 15 heavy (non-hydrogen) atoms. The molecule has 1 aromatic carbocycles. The standard InChI is InChI=1S/C11H14ClN3/c1-14-10(15-13)11(6-7-11)8-2-4-9(12)5-3-8/h2-5H,6-7,13H2,1H3,(H,14,15). The first kappa shape index (κ1) is 10.5. The Labute approximate surface area is 94.3 Å². The van der Waals surface area contributed by atoms with Gasteiger partial charge in [0.1, 0.15) is 5.84 Å². The van der Waals surface area contributed by atoms with Gasteiger partial charge in [0.05, 0.1) is 5.41 Å². The lowest BCUT2D eigenvalue weighted by molar-refractivity contribution is 0.850. The zero-order valence-electron chi connectivity index (χ0n) is 8.63. The summed E-state index contributed by atoms with van der Waals surface area (Å²) in [6.07, 6.45) is 2.18. The Morgan fingerprint density at radius 3 is 2.40 bits per heavy atom.